The van der Waals surface area contributed by atoms with E-state index in [4.69, 9.17) is 16.3 Å². The molecular formula is C15H24ClNO. The summed E-state index contributed by atoms with van der Waals surface area (Å²) in [5.41, 5.74) is 0. The first-order valence-electron chi connectivity index (χ1n) is 6.76. The molecule has 0 aromatic heterocycles. The average Bonchev–Trinajstić information content (AvgIpc) is 2.34. The van der Waals surface area contributed by atoms with Crippen molar-refractivity contribution in [2.24, 2.45) is 0 Å². The number of rotatable bonds is 8. The maximum Gasteiger partial charge on any atom is 0.121 e. The maximum atomic E-state index is 5.95. The van der Waals surface area contributed by atoms with Gasteiger partial charge in [-0.2, -0.15) is 0 Å². The lowest BCUT2D eigenvalue weighted by atomic mass is 10.0. The third kappa shape index (κ3) is 5.28. The van der Waals surface area contributed by atoms with Crippen LogP contribution in [0.4, 0.5) is 0 Å². The molecule has 2 atom stereocenters. The van der Waals surface area contributed by atoms with Gasteiger partial charge in [-0.3, -0.25) is 0 Å². The Morgan fingerprint density at radius 1 is 1.33 bits per heavy atom. The molecule has 0 aliphatic carbocycles. The molecule has 102 valence electrons. The van der Waals surface area contributed by atoms with Gasteiger partial charge in [-0.15, -0.1) is 0 Å². The summed E-state index contributed by atoms with van der Waals surface area (Å²) in [6.07, 6.45) is 5.06. The second-order valence-electron chi connectivity index (χ2n) is 4.67. The fourth-order valence-corrected chi connectivity index (χ4v) is 2.25. The molecule has 1 rings (SSSR count). The molecule has 0 radical (unpaired) electrons. The molecule has 1 aromatic carbocycles. The van der Waals surface area contributed by atoms with Crippen molar-refractivity contribution >= 4 is 11.6 Å². The highest BCUT2D eigenvalue weighted by atomic mass is 35.5. The summed E-state index contributed by atoms with van der Waals surface area (Å²) in [6, 6.07) is 7.96. The summed E-state index contributed by atoms with van der Waals surface area (Å²) < 4.78 is 5.93. The van der Waals surface area contributed by atoms with Crippen LogP contribution in [0.2, 0.25) is 5.02 Å². The van der Waals surface area contributed by atoms with Gasteiger partial charge in [0, 0.05) is 11.1 Å². The van der Waals surface area contributed by atoms with Crippen LogP contribution in [-0.2, 0) is 0 Å². The van der Waals surface area contributed by atoms with Gasteiger partial charge in [0.25, 0.3) is 0 Å². The van der Waals surface area contributed by atoms with Gasteiger partial charge < -0.3 is 10.1 Å². The number of hydrogen-bond donors (Lipinski definition) is 1. The Morgan fingerprint density at radius 2 is 2.11 bits per heavy atom. The molecule has 3 heteroatoms. The number of hydrogen-bond acceptors (Lipinski definition) is 2. The van der Waals surface area contributed by atoms with Crippen molar-refractivity contribution in [1.29, 1.82) is 0 Å². The first-order valence-corrected chi connectivity index (χ1v) is 7.14. The number of halogens is 1. The topological polar surface area (TPSA) is 21.3 Å². The maximum absolute atomic E-state index is 5.95. The molecule has 0 spiro atoms. The van der Waals surface area contributed by atoms with Crippen molar-refractivity contribution in [3.05, 3.63) is 29.3 Å². The molecule has 2 nitrogen and oxygen atoms in total. The van der Waals surface area contributed by atoms with E-state index in [0.29, 0.717) is 11.1 Å². The summed E-state index contributed by atoms with van der Waals surface area (Å²) in [7, 11) is 1.99. The van der Waals surface area contributed by atoms with E-state index in [1.165, 1.54) is 19.3 Å². The zero-order valence-electron chi connectivity index (χ0n) is 11.6. The van der Waals surface area contributed by atoms with Crippen molar-refractivity contribution in [3.63, 3.8) is 0 Å². The van der Waals surface area contributed by atoms with E-state index < -0.39 is 0 Å². The van der Waals surface area contributed by atoms with Gasteiger partial charge >= 0.3 is 0 Å². The second-order valence-corrected chi connectivity index (χ2v) is 5.11. The van der Waals surface area contributed by atoms with E-state index >= 15 is 0 Å². The van der Waals surface area contributed by atoms with Gasteiger partial charge in [-0.05, 0) is 38.6 Å². The highest BCUT2D eigenvalue weighted by Crippen LogP contribution is 2.20. The molecule has 0 saturated carbocycles. The Morgan fingerprint density at radius 3 is 2.72 bits per heavy atom. The first-order chi connectivity index (χ1) is 8.67. The van der Waals surface area contributed by atoms with Crippen LogP contribution >= 0.6 is 11.6 Å². The Kier molecular flexibility index (Phi) is 7.14. The molecule has 0 saturated heterocycles. The van der Waals surface area contributed by atoms with E-state index in [2.05, 4.69) is 19.2 Å². The Balaban J connectivity index is 2.48. The molecule has 0 aliphatic heterocycles. The summed E-state index contributed by atoms with van der Waals surface area (Å²) in [5.74, 6) is 0.839. The fourth-order valence-electron chi connectivity index (χ4n) is 2.07. The highest BCUT2D eigenvalue weighted by Gasteiger charge is 2.16. The number of benzene rings is 1. The first kappa shape index (κ1) is 15.3. The van der Waals surface area contributed by atoms with Crippen LogP contribution in [0.25, 0.3) is 0 Å². The minimum atomic E-state index is 0.144. The standard InChI is InChI=1S/C15H24ClNO/c1-4-5-6-10-15(17-3)12(2)18-14-9-7-8-13(16)11-14/h7-9,11-12,15,17H,4-6,10H2,1-3H3. The van der Waals surface area contributed by atoms with Gasteiger partial charge in [0.05, 0.1) is 0 Å². The third-order valence-corrected chi connectivity index (χ3v) is 3.41. The third-order valence-electron chi connectivity index (χ3n) is 3.17. The van der Waals surface area contributed by atoms with Crippen molar-refractivity contribution in [1.82, 2.24) is 5.32 Å². The van der Waals surface area contributed by atoms with Crippen LogP contribution in [0.15, 0.2) is 24.3 Å². The molecule has 0 bridgehead atoms. The minimum Gasteiger partial charge on any atom is -0.489 e. The van der Waals surface area contributed by atoms with E-state index in [-0.39, 0.29) is 6.10 Å². The number of nitrogens with one attached hydrogen (secondary N) is 1. The second kappa shape index (κ2) is 8.39. The predicted molar refractivity (Wildman–Crippen MR) is 78.5 cm³/mol. The van der Waals surface area contributed by atoms with Crippen molar-refractivity contribution in [2.75, 3.05) is 7.05 Å². The SMILES string of the molecule is CCCCCC(NC)C(C)Oc1cccc(Cl)c1. The van der Waals surface area contributed by atoms with Crippen LogP contribution in [0.5, 0.6) is 5.75 Å². The molecule has 0 aliphatic rings. The molecular weight excluding hydrogens is 246 g/mol. The van der Waals surface area contributed by atoms with Gasteiger partial charge in [-0.1, -0.05) is 43.9 Å². The van der Waals surface area contributed by atoms with E-state index in [1.807, 2.05) is 31.3 Å². The lowest BCUT2D eigenvalue weighted by molar-refractivity contribution is 0.167. The van der Waals surface area contributed by atoms with Crippen LogP contribution in [0.3, 0.4) is 0 Å². The highest BCUT2D eigenvalue weighted by molar-refractivity contribution is 6.30. The lowest BCUT2D eigenvalue weighted by Gasteiger charge is -2.24. The van der Waals surface area contributed by atoms with Gasteiger partial charge in [0.15, 0.2) is 0 Å². The van der Waals surface area contributed by atoms with Crippen molar-refractivity contribution in [3.8, 4) is 5.75 Å². The minimum absolute atomic E-state index is 0.144. The smallest absolute Gasteiger partial charge is 0.121 e. The Labute approximate surface area is 116 Å². The monoisotopic (exact) mass is 269 g/mol. The quantitative estimate of drug-likeness (QED) is 0.712. The molecule has 1 N–H and O–H groups in total. The van der Waals surface area contributed by atoms with Gasteiger partial charge in [0.1, 0.15) is 11.9 Å². The van der Waals surface area contributed by atoms with Gasteiger partial charge in [-0.25, -0.2) is 0 Å². The summed E-state index contributed by atoms with van der Waals surface area (Å²) in [4.78, 5) is 0. The summed E-state index contributed by atoms with van der Waals surface area (Å²) >= 11 is 5.95. The van der Waals surface area contributed by atoms with Crippen LogP contribution in [-0.4, -0.2) is 19.2 Å². The number of ether oxygens (including phenoxy) is 1. The van der Waals surface area contributed by atoms with Crippen LogP contribution in [0, 0.1) is 0 Å². The van der Waals surface area contributed by atoms with E-state index in [0.717, 1.165) is 12.2 Å². The zero-order chi connectivity index (χ0) is 13.4. The summed E-state index contributed by atoms with van der Waals surface area (Å²) in [6.45, 7) is 4.33. The number of unbranched alkanes of at least 4 members (excludes halogenated alkanes) is 2. The molecule has 0 heterocycles. The van der Waals surface area contributed by atoms with Crippen molar-refractivity contribution < 1.29 is 4.74 Å². The van der Waals surface area contributed by atoms with Crippen molar-refractivity contribution in [2.45, 2.75) is 51.7 Å². The number of likely N-dealkylation sites (N-methyl/N-ethyl adjacent to an activating group) is 1. The zero-order valence-corrected chi connectivity index (χ0v) is 12.3. The molecule has 0 fully saturated rings. The van der Waals surface area contributed by atoms with E-state index in [9.17, 15) is 0 Å². The Hall–Kier alpha value is -0.730. The van der Waals surface area contributed by atoms with Crippen LogP contribution < -0.4 is 10.1 Å². The van der Waals surface area contributed by atoms with Gasteiger partial charge in [0.2, 0.25) is 0 Å². The van der Waals surface area contributed by atoms with Crippen LogP contribution in [0.1, 0.15) is 39.5 Å². The molecule has 0 amide bonds. The average molecular weight is 270 g/mol. The van der Waals surface area contributed by atoms with E-state index in [1.54, 1.807) is 0 Å². The molecule has 2 unspecified atom stereocenters. The fraction of sp³-hybridized carbons (Fsp3) is 0.600. The lowest BCUT2D eigenvalue weighted by Crippen LogP contribution is -2.39. The Bertz CT molecular complexity index is 343. The molecule has 1 aromatic rings. The summed E-state index contributed by atoms with van der Waals surface area (Å²) in [5, 5.41) is 4.05. The predicted octanol–water partition coefficient (Wildman–Crippen LogP) is 4.28. The normalized spacial score (nSPS) is 14.2. The largest absolute Gasteiger partial charge is 0.489 e. The molecule has 18 heavy (non-hydrogen) atoms.